The van der Waals surface area contributed by atoms with Crippen LogP contribution in [-0.2, 0) is 20.6 Å². The number of rotatable bonds is 3. The van der Waals surface area contributed by atoms with Crippen molar-refractivity contribution in [1.29, 1.82) is 0 Å². The maximum Gasteiger partial charge on any atom is 0.332 e. The number of benzene rings is 1. The summed E-state index contributed by atoms with van der Waals surface area (Å²) in [4.78, 5) is 28.2. The SMILES string of the molecule is Cn1c(=O)c2c(ncn2CC(O)c2ccc(F)cc2F)n(C)c1=O. The topological polar surface area (TPSA) is 82.0 Å². The van der Waals surface area contributed by atoms with Gasteiger partial charge < -0.3 is 9.67 Å². The van der Waals surface area contributed by atoms with Gasteiger partial charge in [-0.15, -0.1) is 0 Å². The molecule has 24 heavy (non-hydrogen) atoms. The third kappa shape index (κ3) is 2.42. The number of halogens is 2. The van der Waals surface area contributed by atoms with Crippen LogP contribution in [0.2, 0.25) is 0 Å². The van der Waals surface area contributed by atoms with Crippen LogP contribution < -0.4 is 11.2 Å². The van der Waals surface area contributed by atoms with Crippen molar-refractivity contribution in [1.82, 2.24) is 18.7 Å². The third-order valence-electron chi connectivity index (χ3n) is 3.91. The predicted octanol–water partition coefficient (Wildman–Crippen LogP) is 0.445. The largest absolute Gasteiger partial charge is 0.386 e. The molecular formula is C15H14F2N4O3. The number of aliphatic hydroxyl groups excluding tert-OH is 1. The molecule has 0 bridgehead atoms. The molecule has 3 aromatic rings. The summed E-state index contributed by atoms with van der Waals surface area (Å²) in [7, 11) is 2.80. The highest BCUT2D eigenvalue weighted by molar-refractivity contribution is 5.69. The van der Waals surface area contributed by atoms with E-state index in [1.807, 2.05) is 0 Å². The van der Waals surface area contributed by atoms with Crippen molar-refractivity contribution in [2.45, 2.75) is 12.6 Å². The van der Waals surface area contributed by atoms with Crippen LogP contribution in [0.3, 0.4) is 0 Å². The van der Waals surface area contributed by atoms with Gasteiger partial charge in [0.1, 0.15) is 11.6 Å². The van der Waals surface area contributed by atoms with Gasteiger partial charge in [-0.05, 0) is 6.07 Å². The van der Waals surface area contributed by atoms with Gasteiger partial charge >= 0.3 is 5.69 Å². The molecule has 1 unspecified atom stereocenters. The fraction of sp³-hybridized carbons (Fsp3) is 0.267. The smallest absolute Gasteiger partial charge is 0.332 e. The lowest BCUT2D eigenvalue weighted by atomic mass is 10.1. The molecule has 0 radical (unpaired) electrons. The average molecular weight is 336 g/mol. The van der Waals surface area contributed by atoms with Crippen LogP contribution in [0.5, 0.6) is 0 Å². The second kappa shape index (κ2) is 5.68. The van der Waals surface area contributed by atoms with Gasteiger partial charge in [0.25, 0.3) is 5.56 Å². The first-order valence-corrected chi connectivity index (χ1v) is 7.05. The lowest BCUT2D eigenvalue weighted by Crippen LogP contribution is -2.37. The number of imidazole rings is 1. The van der Waals surface area contributed by atoms with Gasteiger partial charge in [0, 0.05) is 25.7 Å². The van der Waals surface area contributed by atoms with E-state index in [-0.39, 0.29) is 23.3 Å². The molecule has 126 valence electrons. The molecule has 1 aromatic carbocycles. The summed E-state index contributed by atoms with van der Waals surface area (Å²) in [5, 5.41) is 10.2. The molecule has 0 fully saturated rings. The third-order valence-corrected chi connectivity index (χ3v) is 3.91. The Hall–Kier alpha value is -2.81. The first-order valence-electron chi connectivity index (χ1n) is 7.05. The summed E-state index contributed by atoms with van der Waals surface area (Å²) < 4.78 is 30.2. The molecule has 9 heteroatoms. The van der Waals surface area contributed by atoms with E-state index in [1.165, 1.54) is 29.6 Å². The zero-order valence-electron chi connectivity index (χ0n) is 12.9. The Labute approximate surface area is 134 Å². The molecular weight excluding hydrogens is 322 g/mol. The molecule has 0 saturated carbocycles. The Bertz CT molecular complexity index is 1050. The summed E-state index contributed by atoms with van der Waals surface area (Å²) in [5.74, 6) is -1.63. The van der Waals surface area contributed by atoms with Crippen molar-refractivity contribution < 1.29 is 13.9 Å². The molecule has 2 heterocycles. The van der Waals surface area contributed by atoms with Gasteiger partial charge in [-0.1, -0.05) is 6.07 Å². The average Bonchev–Trinajstić information content (AvgIpc) is 2.94. The highest BCUT2D eigenvalue weighted by atomic mass is 19.1. The highest BCUT2D eigenvalue weighted by Gasteiger charge is 2.19. The van der Waals surface area contributed by atoms with Crippen molar-refractivity contribution in [3.05, 3.63) is 62.6 Å². The molecule has 1 N–H and O–H groups in total. The molecule has 0 amide bonds. The maximum atomic E-state index is 13.8. The van der Waals surface area contributed by atoms with E-state index in [1.54, 1.807) is 0 Å². The van der Waals surface area contributed by atoms with E-state index >= 15 is 0 Å². The van der Waals surface area contributed by atoms with Gasteiger partial charge in [-0.3, -0.25) is 13.9 Å². The summed E-state index contributed by atoms with van der Waals surface area (Å²) in [6, 6.07) is 2.85. The summed E-state index contributed by atoms with van der Waals surface area (Å²) in [6.45, 7) is -0.174. The highest BCUT2D eigenvalue weighted by Crippen LogP contribution is 2.20. The molecule has 0 saturated heterocycles. The molecule has 0 aliphatic carbocycles. The Kier molecular flexibility index (Phi) is 3.80. The van der Waals surface area contributed by atoms with Crippen LogP contribution in [0.4, 0.5) is 8.78 Å². The summed E-state index contributed by atoms with van der Waals surface area (Å²) in [6.07, 6.45) is -0.0270. The minimum Gasteiger partial charge on any atom is -0.386 e. The van der Waals surface area contributed by atoms with Crippen LogP contribution in [-0.4, -0.2) is 23.8 Å². The van der Waals surface area contributed by atoms with Crippen molar-refractivity contribution in [2.75, 3.05) is 0 Å². The predicted molar refractivity (Wildman–Crippen MR) is 81.5 cm³/mol. The zero-order chi connectivity index (χ0) is 17.6. The van der Waals surface area contributed by atoms with Crippen molar-refractivity contribution in [3.8, 4) is 0 Å². The fourth-order valence-electron chi connectivity index (χ4n) is 2.59. The van der Waals surface area contributed by atoms with Crippen LogP contribution in [0.25, 0.3) is 11.2 Å². The normalized spacial score (nSPS) is 12.7. The molecule has 0 aliphatic rings. The van der Waals surface area contributed by atoms with Gasteiger partial charge in [0.2, 0.25) is 0 Å². The standard InChI is InChI=1S/C15H14F2N4O3/c1-19-13-12(14(23)20(2)15(19)24)21(7-18-13)6-11(22)9-4-3-8(16)5-10(9)17/h3-5,7,11,22H,6H2,1-2H3. The first-order chi connectivity index (χ1) is 11.3. The second-order valence-corrected chi connectivity index (χ2v) is 5.46. The van der Waals surface area contributed by atoms with Crippen LogP contribution >= 0.6 is 0 Å². The number of nitrogens with zero attached hydrogens (tertiary/aromatic N) is 4. The lowest BCUT2D eigenvalue weighted by molar-refractivity contribution is 0.153. The van der Waals surface area contributed by atoms with Crippen molar-refractivity contribution >= 4 is 11.2 Å². The van der Waals surface area contributed by atoms with Crippen molar-refractivity contribution in [3.63, 3.8) is 0 Å². The molecule has 0 spiro atoms. The van der Waals surface area contributed by atoms with Crippen LogP contribution in [0.1, 0.15) is 11.7 Å². The van der Waals surface area contributed by atoms with Gasteiger partial charge in [0.15, 0.2) is 11.2 Å². The second-order valence-electron chi connectivity index (χ2n) is 5.46. The first kappa shape index (κ1) is 16.1. The van der Waals surface area contributed by atoms with E-state index in [4.69, 9.17) is 0 Å². The fourth-order valence-corrected chi connectivity index (χ4v) is 2.59. The summed E-state index contributed by atoms with van der Waals surface area (Å²) in [5.41, 5.74) is -0.920. The Morgan fingerprint density at radius 3 is 2.58 bits per heavy atom. The lowest BCUT2D eigenvalue weighted by Gasteiger charge is -2.13. The Balaban J connectivity index is 2.08. The minimum atomic E-state index is -1.31. The van der Waals surface area contributed by atoms with Crippen LogP contribution in [0.15, 0.2) is 34.1 Å². The number of aryl methyl sites for hydroxylation is 1. The molecule has 1 atom stereocenters. The number of hydrogen-bond acceptors (Lipinski definition) is 4. The van der Waals surface area contributed by atoms with Gasteiger partial charge in [-0.25, -0.2) is 18.6 Å². The number of aliphatic hydroxyl groups is 1. The molecule has 7 nitrogen and oxygen atoms in total. The Morgan fingerprint density at radius 1 is 1.21 bits per heavy atom. The number of hydrogen-bond donors (Lipinski definition) is 1. The number of fused-ring (bicyclic) bond motifs is 1. The van der Waals surface area contributed by atoms with Crippen molar-refractivity contribution in [2.24, 2.45) is 14.1 Å². The van der Waals surface area contributed by atoms with Crippen LogP contribution in [0, 0.1) is 11.6 Å². The molecule has 3 rings (SSSR count). The number of aromatic nitrogens is 4. The van der Waals surface area contributed by atoms with E-state index in [0.29, 0.717) is 6.07 Å². The maximum absolute atomic E-state index is 13.8. The van der Waals surface area contributed by atoms with Gasteiger partial charge in [-0.2, -0.15) is 0 Å². The van der Waals surface area contributed by atoms with E-state index in [0.717, 1.165) is 16.7 Å². The van der Waals surface area contributed by atoms with Gasteiger partial charge in [0.05, 0.1) is 19.0 Å². The van der Waals surface area contributed by atoms with E-state index < -0.39 is 29.0 Å². The van der Waals surface area contributed by atoms with E-state index in [2.05, 4.69) is 4.98 Å². The minimum absolute atomic E-state index is 0.0973. The monoisotopic (exact) mass is 336 g/mol. The summed E-state index contributed by atoms with van der Waals surface area (Å²) >= 11 is 0. The zero-order valence-corrected chi connectivity index (χ0v) is 12.9. The molecule has 2 aromatic heterocycles. The Morgan fingerprint density at radius 2 is 1.92 bits per heavy atom. The molecule has 0 aliphatic heterocycles. The quantitative estimate of drug-likeness (QED) is 0.753. The van der Waals surface area contributed by atoms with E-state index in [9.17, 15) is 23.5 Å².